The summed E-state index contributed by atoms with van der Waals surface area (Å²) >= 11 is 0. The van der Waals surface area contributed by atoms with Crippen molar-refractivity contribution < 1.29 is 9.53 Å². The summed E-state index contributed by atoms with van der Waals surface area (Å²) < 4.78 is 5.27. The van der Waals surface area contributed by atoms with Crippen LogP contribution in [0.2, 0.25) is 0 Å². The molecule has 1 unspecified atom stereocenters. The molecule has 1 atom stereocenters. The van der Waals surface area contributed by atoms with Crippen LogP contribution < -0.4 is 10.6 Å². The number of nitrogens with one attached hydrogen (secondary N) is 2. The molecule has 0 aromatic rings. The van der Waals surface area contributed by atoms with Crippen LogP contribution in [-0.4, -0.2) is 38.3 Å². The minimum atomic E-state index is 0.104. The summed E-state index contributed by atoms with van der Waals surface area (Å²) in [5, 5.41) is 6.20. The Hall–Kier alpha value is -0.610. The van der Waals surface area contributed by atoms with E-state index in [1.54, 1.807) is 0 Å². The second-order valence-corrected chi connectivity index (χ2v) is 4.44. The van der Waals surface area contributed by atoms with E-state index in [2.05, 4.69) is 24.5 Å². The smallest absolute Gasteiger partial charge is 0.234 e. The molecule has 0 bridgehead atoms. The maximum absolute atomic E-state index is 11.5. The summed E-state index contributed by atoms with van der Waals surface area (Å²) in [7, 11) is 0. The SMILES string of the molecule is CCC(CC)NC(=O)CNCC1CCOC1. The fourth-order valence-corrected chi connectivity index (χ4v) is 1.91. The summed E-state index contributed by atoms with van der Waals surface area (Å²) in [4.78, 5) is 11.5. The second-order valence-electron chi connectivity index (χ2n) is 4.44. The Bertz CT molecular complexity index is 199. The third-order valence-corrected chi connectivity index (χ3v) is 3.09. The van der Waals surface area contributed by atoms with Gasteiger partial charge in [0, 0.05) is 19.2 Å². The van der Waals surface area contributed by atoms with Gasteiger partial charge in [-0.2, -0.15) is 0 Å². The highest BCUT2D eigenvalue weighted by atomic mass is 16.5. The Morgan fingerprint density at radius 2 is 2.19 bits per heavy atom. The van der Waals surface area contributed by atoms with E-state index < -0.39 is 0 Å². The van der Waals surface area contributed by atoms with Crippen molar-refractivity contribution in [3.63, 3.8) is 0 Å². The van der Waals surface area contributed by atoms with Crippen LogP contribution >= 0.6 is 0 Å². The maximum atomic E-state index is 11.5. The Balaban J connectivity index is 2.05. The van der Waals surface area contributed by atoms with Crippen LogP contribution in [0.4, 0.5) is 0 Å². The van der Waals surface area contributed by atoms with Crippen molar-refractivity contribution in [1.29, 1.82) is 0 Å². The van der Waals surface area contributed by atoms with Gasteiger partial charge >= 0.3 is 0 Å². The first kappa shape index (κ1) is 13.5. The second kappa shape index (κ2) is 7.63. The molecule has 1 rings (SSSR count). The van der Waals surface area contributed by atoms with E-state index in [-0.39, 0.29) is 5.91 Å². The highest BCUT2D eigenvalue weighted by Gasteiger charge is 2.15. The fourth-order valence-electron chi connectivity index (χ4n) is 1.91. The number of hydrogen-bond acceptors (Lipinski definition) is 3. The molecule has 1 heterocycles. The summed E-state index contributed by atoms with van der Waals surface area (Å²) in [6, 6.07) is 0.323. The van der Waals surface area contributed by atoms with Crippen LogP contribution in [0, 0.1) is 5.92 Å². The molecule has 4 nitrogen and oxygen atoms in total. The zero-order valence-electron chi connectivity index (χ0n) is 10.4. The summed E-state index contributed by atoms with van der Waals surface area (Å²) in [5.41, 5.74) is 0. The van der Waals surface area contributed by atoms with Gasteiger partial charge in [-0.05, 0) is 25.2 Å². The monoisotopic (exact) mass is 228 g/mol. The molecule has 94 valence electrons. The highest BCUT2D eigenvalue weighted by Crippen LogP contribution is 2.10. The number of rotatable bonds is 7. The molecule has 16 heavy (non-hydrogen) atoms. The van der Waals surface area contributed by atoms with Gasteiger partial charge in [0.15, 0.2) is 0 Å². The molecule has 1 amide bonds. The van der Waals surface area contributed by atoms with E-state index in [0.717, 1.165) is 39.0 Å². The lowest BCUT2D eigenvalue weighted by Crippen LogP contribution is -2.41. The molecule has 1 saturated heterocycles. The van der Waals surface area contributed by atoms with Crippen LogP contribution in [-0.2, 0) is 9.53 Å². The molecule has 2 N–H and O–H groups in total. The van der Waals surface area contributed by atoms with Gasteiger partial charge in [0.2, 0.25) is 5.91 Å². The van der Waals surface area contributed by atoms with Crippen molar-refractivity contribution in [2.75, 3.05) is 26.3 Å². The largest absolute Gasteiger partial charge is 0.381 e. The van der Waals surface area contributed by atoms with Gasteiger partial charge in [0.1, 0.15) is 0 Å². The van der Waals surface area contributed by atoms with Gasteiger partial charge < -0.3 is 15.4 Å². The predicted octanol–water partition coefficient (Wildman–Crippen LogP) is 0.917. The standard InChI is InChI=1S/C12H24N2O2/c1-3-11(4-2)14-12(15)8-13-7-10-5-6-16-9-10/h10-11,13H,3-9H2,1-2H3,(H,14,15). The lowest BCUT2D eigenvalue weighted by Gasteiger charge is -2.15. The van der Waals surface area contributed by atoms with Crippen LogP contribution in [0.5, 0.6) is 0 Å². The topological polar surface area (TPSA) is 50.4 Å². The molecular formula is C12H24N2O2. The van der Waals surface area contributed by atoms with Crippen molar-refractivity contribution >= 4 is 5.91 Å². The zero-order valence-corrected chi connectivity index (χ0v) is 10.4. The lowest BCUT2D eigenvalue weighted by atomic mass is 10.1. The van der Waals surface area contributed by atoms with E-state index in [1.165, 1.54) is 0 Å². The molecule has 0 saturated carbocycles. The van der Waals surface area contributed by atoms with Crippen molar-refractivity contribution in [2.45, 2.75) is 39.2 Å². The maximum Gasteiger partial charge on any atom is 0.234 e. The fraction of sp³-hybridized carbons (Fsp3) is 0.917. The Morgan fingerprint density at radius 3 is 2.75 bits per heavy atom. The summed E-state index contributed by atoms with van der Waals surface area (Å²) in [6.07, 6.45) is 3.11. The molecule has 1 fully saturated rings. The third kappa shape index (κ3) is 4.94. The third-order valence-electron chi connectivity index (χ3n) is 3.09. The number of hydrogen-bond donors (Lipinski definition) is 2. The minimum Gasteiger partial charge on any atom is -0.381 e. The molecule has 0 aliphatic carbocycles. The van der Waals surface area contributed by atoms with Gasteiger partial charge in [-0.15, -0.1) is 0 Å². The van der Waals surface area contributed by atoms with E-state index >= 15 is 0 Å². The van der Waals surface area contributed by atoms with Crippen LogP contribution in [0.1, 0.15) is 33.1 Å². The van der Waals surface area contributed by atoms with Crippen LogP contribution in [0.3, 0.4) is 0 Å². The summed E-state index contributed by atoms with van der Waals surface area (Å²) in [6.45, 7) is 7.20. The number of carbonyl (C=O) groups excluding carboxylic acids is 1. The molecule has 0 radical (unpaired) electrons. The van der Waals surface area contributed by atoms with Gasteiger partial charge in [-0.1, -0.05) is 13.8 Å². The quantitative estimate of drug-likeness (QED) is 0.681. The zero-order chi connectivity index (χ0) is 11.8. The van der Waals surface area contributed by atoms with Gasteiger partial charge in [-0.25, -0.2) is 0 Å². The van der Waals surface area contributed by atoms with Crippen molar-refractivity contribution in [1.82, 2.24) is 10.6 Å². The van der Waals surface area contributed by atoms with Gasteiger partial charge in [0.25, 0.3) is 0 Å². The first-order valence-corrected chi connectivity index (χ1v) is 6.34. The first-order valence-electron chi connectivity index (χ1n) is 6.34. The lowest BCUT2D eigenvalue weighted by molar-refractivity contribution is -0.121. The Morgan fingerprint density at radius 1 is 1.44 bits per heavy atom. The normalized spacial score (nSPS) is 20.3. The Labute approximate surface area is 98.1 Å². The minimum absolute atomic E-state index is 0.104. The van der Waals surface area contributed by atoms with E-state index in [1.807, 2.05) is 0 Å². The molecule has 1 aliphatic heterocycles. The average Bonchev–Trinajstić information content (AvgIpc) is 2.79. The van der Waals surface area contributed by atoms with Crippen molar-refractivity contribution in [3.05, 3.63) is 0 Å². The summed E-state index contributed by atoms with van der Waals surface area (Å²) in [5.74, 6) is 0.688. The number of amides is 1. The molecule has 0 aromatic carbocycles. The molecule has 0 spiro atoms. The molecule has 4 heteroatoms. The molecule has 0 aromatic heterocycles. The van der Waals surface area contributed by atoms with Crippen LogP contribution in [0.15, 0.2) is 0 Å². The van der Waals surface area contributed by atoms with E-state index in [9.17, 15) is 4.79 Å². The average molecular weight is 228 g/mol. The highest BCUT2D eigenvalue weighted by molar-refractivity contribution is 5.78. The molecule has 1 aliphatic rings. The number of ether oxygens (including phenoxy) is 1. The van der Waals surface area contributed by atoms with Crippen LogP contribution in [0.25, 0.3) is 0 Å². The van der Waals surface area contributed by atoms with E-state index in [4.69, 9.17) is 4.74 Å². The molecular weight excluding hydrogens is 204 g/mol. The van der Waals surface area contributed by atoms with Crippen molar-refractivity contribution in [2.24, 2.45) is 5.92 Å². The Kier molecular flexibility index (Phi) is 6.42. The predicted molar refractivity (Wildman–Crippen MR) is 64.3 cm³/mol. The first-order chi connectivity index (χ1) is 7.76. The van der Waals surface area contributed by atoms with Crippen molar-refractivity contribution in [3.8, 4) is 0 Å². The van der Waals surface area contributed by atoms with Gasteiger partial charge in [0.05, 0.1) is 13.2 Å². The number of carbonyl (C=O) groups is 1. The van der Waals surface area contributed by atoms with E-state index in [0.29, 0.717) is 18.5 Å². The van der Waals surface area contributed by atoms with Gasteiger partial charge in [-0.3, -0.25) is 4.79 Å².